The maximum absolute atomic E-state index is 12.5. The van der Waals surface area contributed by atoms with Gasteiger partial charge >= 0.3 is 5.69 Å². The van der Waals surface area contributed by atoms with Gasteiger partial charge in [0.25, 0.3) is 5.56 Å². The number of nitrogens with zero attached hydrogens (tertiary/aromatic N) is 2. The van der Waals surface area contributed by atoms with E-state index < -0.39 is 11.2 Å². The van der Waals surface area contributed by atoms with Crippen molar-refractivity contribution in [3.63, 3.8) is 0 Å². The van der Waals surface area contributed by atoms with Gasteiger partial charge in [0.1, 0.15) is 0 Å². The van der Waals surface area contributed by atoms with Gasteiger partial charge in [-0.3, -0.25) is 4.79 Å². The Labute approximate surface area is 149 Å². The van der Waals surface area contributed by atoms with Crippen molar-refractivity contribution in [1.82, 2.24) is 9.66 Å². The topological polar surface area (TPSA) is 85.7 Å². The van der Waals surface area contributed by atoms with Crippen molar-refractivity contribution in [2.75, 3.05) is 13.2 Å². The molecule has 0 aliphatic rings. The molecule has 0 radical (unpaired) electrons. The number of benzene rings is 2. The molecule has 0 amide bonds. The first kappa shape index (κ1) is 17.5. The van der Waals surface area contributed by atoms with E-state index in [-0.39, 0.29) is 0 Å². The van der Waals surface area contributed by atoms with E-state index in [0.29, 0.717) is 41.2 Å². The average molecular weight is 353 g/mol. The Morgan fingerprint density at radius 2 is 1.77 bits per heavy atom. The van der Waals surface area contributed by atoms with Gasteiger partial charge in [0.2, 0.25) is 0 Å². The predicted octanol–water partition coefficient (Wildman–Crippen LogP) is 2.37. The van der Waals surface area contributed by atoms with E-state index in [2.05, 4.69) is 10.1 Å². The molecule has 7 nitrogen and oxygen atoms in total. The summed E-state index contributed by atoms with van der Waals surface area (Å²) in [5.74, 6) is 1.21. The summed E-state index contributed by atoms with van der Waals surface area (Å²) < 4.78 is 11.9. The Morgan fingerprint density at radius 3 is 2.54 bits per heavy atom. The van der Waals surface area contributed by atoms with E-state index in [9.17, 15) is 9.59 Å². The minimum Gasteiger partial charge on any atom is -0.490 e. The monoisotopic (exact) mass is 353 g/mol. The van der Waals surface area contributed by atoms with Crippen molar-refractivity contribution in [2.45, 2.75) is 13.8 Å². The molecule has 7 heteroatoms. The minimum atomic E-state index is -0.596. The lowest BCUT2D eigenvalue weighted by atomic mass is 10.2. The molecule has 0 saturated heterocycles. The molecular formula is C19H19N3O4. The van der Waals surface area contributed by atoms with Crippen LogP contribution in [0.5, 0.6) is 11.5 Å². The third-order valence-corrected chi connectivity index (χ3v) is 3.67. The zero-order chi connectivity index (χ0) is 18.5. The number of nitrogens with one attached hydrogen (secondary N) is 1. The molecule has 0 aliphatic carbocycles. The molecule has 3 rings (SSSR count). The average Bonchev–Trinajstić information content (AvgIpc) is 2.64. The lowest BCUT2D eigenvalue weighted by molar-refractivity contribution is 0.288. The number of fused-ring (bicyclic) bond motifs is 1. The van der Waals surface area contributed by atoms with E-state index in [0.717, 1.165) is 4.68 Å². The molecule has 0 fully saturated rings. The summed E-state index contributed by atoms with van der Waals surface area (Å²) in [7, 11) is 0. The fourth-order valence-electron chi connectivity index (χ4n) is 2.53. The van der Waals surface area contributed by atoms with E-state index in [4.69, 9.17) is 9.47 Å². The van der Waals surface area contributed by atoms with Crippen molar-refractivity contribution in [3.8, 4) is 11.5 Å². The fraction of sp³-hybridized carbons (Fsp3) is 0.211. The van der Waals surface area contributed by atoms with Crippen LogP contribution in [0.1, 0.15) is 19.4 Å². The fourth-order valence-corrected chi connectivity index (χ4v) is 2.53. The second-order valence-corrected chi connectivity index (χ2v) is 5.41. The standard InChI is InChI=1S/C19H19N3O4/c1-3-25-16-10-9-13(11-17(16)26-4-2)12-20-22-18(23)14-7-5-6-8-15(14)21-19(22)24/h5-12H,3-4H2,1-2H3,(H,21,24). The molecule has 26 heavy (non-hydrogen) atoms. The molecule has 0 unspecified atom stereocenters. The summed E-state index contributed by atoms with van der Waals surface area (Å²) in [5.41, 5.74) is 0.0856. The molecule has 134 valence electrons. The molecule has 1 heterocycles. The van der Waals surface area contributed by atoms with Crippen molar-refractivity contribution >= 4 is 17.1 Å². The largest absolute Gasteiger partial charge is 0.490 e. The van der Waals surface area contributed by atoms with E-state index in [1.165, 1.54) is 6.21 Å². The number of para-hydroxylation sites is 1. The van der Waals surface area contributed by atoms with Crippen LogP contribution in [0.3, 0.4) is 0 Å². The Morgan fingerprint density at radius 1 is 1.04 bits per heavy atom. The van der Waals surface area contributed by atoms with Crippen molar-refractivity contribution < 1.29 is 9.47 Å². The third-order valence-electron chi connectivity index (χ3n) is 3.67. The molecule has 0 atom stereocenters. The van der Waals surface area contributed by atoms with E-state index in [1.54, 1.807) is 42.5 Å². The number of hydrogen-bond acceptors (Lipinski definition) is 5. The van der Waals surface area contributed by atoms with Gasteiger partial charge in [0.05, 0.1) is 30.3 Å². The van der Waals surface area contributed by atoms with Crippen LogP contribution in [-0.2, 0) is 0 Å². The highest BCUT2D eigenvalue weighted by atomic mass is 16.5. The Bertz CT molecular complexity index is 1070. The molecule has 0 saturated carbocycles. The van der Waals surface area contributed by atoms with Crippen molar-refractivity contribution in [2.24, 2.45) is 5.10 Å². The Hall–Kier alpha value is -3.35. The second kappa shape index (κ2) is 7.69. The van der Waals surface area contributed by atoms with Crippen molar-refractivity contribution in [3.05, 3.63) is 68.9 Å². The number of H-pyrrole nitrogens is 1. The first-order chi connectivity index (χ1) is 12.6. The molecule has 1 N–H and O–H groups in total. The first-order valence-electron chi connectivity index (χ1n) is 8.32. The summed E-state index contributed by atoms with van der Waals surface area (Å²) in [6.45, 7) is 4.79. The smallest absolute Gasteiger partial charge is 0.349 e. The molecule has 1 aromatic heterocycles. The van der Waals surface area contributed by atoms with Gasteiger partial charge in [-0.15, -0.1) is 4.68 Å². The minimum absolute atomic E-state index is 0.394. The predicted molar refractivity (Wildman–Crippen MR) is 101 cm³/mol. The van der Waals surface area contributed by atoms with Crippen LogP contribution in [0.15, 0.2) is 57.2 Å². The highest BCUT2D eigenvalue weighted by molar-refractivity contribution is 5.81. The number of aromatic nitrogens is 2. The summed E-state index contributed by atoms with van der Waals surface area (Å²) in [6.07, 6.45) is 1.43. The van der Waals surface area contributed by atoms with E-state index >= 15 is 0 Å². The second-order valence-electron chi connectivity index (χ2n) is 5.41. The maximum Gasteiger partial charge on any atom is 0.349 e. The van der Waals surface area contributed by atoms with Gasteiger partial charge < -0.3 is 14.5 Å². The number of hydrogen-bond donors (Lipinski definition) is 1. The number of rotatable bonds is 6. The van der Waals surface area contributed by atoms with Gasteiger partial charge in [-0.05, 0) is 49.7 Å². The highest BCUT2D eigenvalue weighted by Gasteiger charge is 2.07. The van der Waals surface area contributed by atoms with Crippen LogP contribution < -0.4 is 20.7 Å². The lowest BCUT2D eigenvalue weighted by Crippen LogP contribution is -2.32. The van der Waals surface area contributed by atoms with Crippen LogP contribution in [0, 0.1) is 0 Å². The van der Waals surface area contributed by atoms with Gasteiger partial charge in [-0.2, -0.15) is 5.10 Å². The van der Waals surface area contributed by atoms with Crippen LogP contribution in [-0.4, -0.2) is 29.1 Å². The summed E-state index contributed by atoms with van der Waals surface area (Å²) >= 11 is 0. The molecular weight excluding hydrogens is 334 g/mol. The van der Waals surface area contributed by atoms with Crippen LogP contribution in [0.2, 0.25) is 0 Å². The number of aromatic amines is 1. The Kier molecular flexibility index (Phi) is 5.17. The van der Waals surface area contributed by atoms with Gasteiger partial charge in [0.15, 0.2) is 11.5 Å². The normalized spacial score (nSPS) is 11.2. The van der Waals surface area contributed by atoms with Gasteiger partial charge in [-0.25, -0.2) is 4.79 Å². The van der Waals surface area contributed by atoms with Crippen LogP contribution >= 0.6 is 0 Å². The van der Waals surface area contributed by atoms with Gasteiger partial charge in [0, 0.05) is 0 Å². The zero-order valence-electron chi connectivity index (χ0n) is 14.6. The summed E-state index contributed by atoms with van der Waals surface area (Å²) in [6, 6.07) is 12.1. The molecule has 3 aromatic rings. The molecule has 0 bridgehead atoms. The van der Waals surface area contributed by atoms with Gasteiger partial charge in [-0.1, -0.05) is 12.1 Å². The van der Waals surface area contributed by atoms with Crippen LogP contribution in [0.25, 0.3) is 10.9 Å². The summed E-state index contributed by atoms with van der Waals surface area (Å²) in [4.78, 5) is 27.2. The highest BCUT2D eigenvalue weighted by Crippen LogP contribution is 2.27. The van der Waals surface area contributed by atoms with E-state index in [1.807, 2.05) is 13.8 Å². The lowest BCUT2D eigenvalue weighted by Gasteiger charge is -2.11. The first-order valence-corrected chi connectivity index (χ1v) is 8.32. The molecule has 0 spiro atoms. The quantitative estimate of drug-likeness (QED) is 0.690. The zero-order valence-corrected chi connectivity index (χ0v) is 14.6. The Balaban J connectivity index is 2.00. The third kappa shape index (κ3) is 3.51. The summed E-state index contributed by atoms with van der Waals surface area (Å²) in [5, 5.41) is 4.44. The maximum atomic E-state index is 12.5. The SMILES string of the molecule is CCOc1ccc(C=Nn2c(=O)[nH]c3ccccc3c2=O)cc1OCC. The molecule has 0 aliphatic heterocycles. The number of ether oxygens (including phenoxy) is 2. The molecule has 2 aromatic carbocycles. The van der Waals surface area contributed by atoms with Crippen molar-refractivity contribution in [1.29, 1.82) is 0 Å². The van der Waals surface area contributed by atoms with Crippen LogP contribution in [0.4, 0.5) is 0 Å².